The number of fused-ring (bicyclic) bond motifs is 5. The van der Waals surface area contributed by atoms with Gasteiger partial charge in [0.05, 0.1) is 23.1 Å². The van der Waals surface area contributed by atoms with Gasteiger partial charge in [-0.25, -0.2) is 9.97 Å². The maximum atomic E-state index is 5.40. The van der Waals surface area contributed by atoms with Gasteiger partial charge in [-0.3, -0.25) is 0 Å². The standard InChI is InChI=1S/C39H33N3/c1-4-27-36(25-15-7-5-8-16-25)40-38(41-37(27)26-17-9-6-10-18-26)42-34-22-14-12-20-29(34)31-23-30-28-19-11-13-21-32(28)39(2,3)33(30)24-35(31)42/h5-23,35H,4,24H2,1-3H3. The summed E-state index contributed by atoms with van der Waals surface area (Å²) in [5.41, 5.74) is 15.0. The monoisotopic (exact) mass is 543 g/mol. The SMILES string of the molecule is CCc1c(-c2ccccc2)nc(N2c3ccccc3C3=CC4=C(CC32)C(C)(C)c2ccccc24)nc1-c1ccccc1. The minimum absolute atomic E-state index is 0.0221. The molecule has 8 rings (SSSR count). The number of anilines is 2. The highest BCUT2D eigenvalue weighted by Gasteiger charge is 2.46. The molecule has 1 atom stereocenters. The summed E-state index contributed by atoms with van der Waals surface area (Å²) in [6.45, 7) is 6.97. The summed E-state index contributed by atoms with van der Waals surface area (Å²) in [6.07, 6.45) is 4.26. The Kier molecular flexibility index (Phi) is 5.59. The van der Waals surface area contributed by atoms with E-state index in [2.05, 4.69) is 141 Å². The van der Waals surface area contributed by atoms with E-state index < -0.39 is 0 Å². The maximum absolute atomic E-state index is 5.40. The first-order valence-corrected chi connectivity index (χ1v) is 15.0. The molecule has 3 aliphatic rings. The largest absolute Gasteiger partial charge is 0.302 e. The van der Waals surface area contributed by atoms with Crippen molar-refractivity contribution in [2.45, 2.75) is 45.1 Å². The van der Waals surface area contributed by atoms with E-state index in [1.54, 1.807) is 0 Å². The molecule has 0 N–H and O–H groups in total. The van der Waals surface area contributed by atoms with E-state index in [1.165, 1.54) is 44.7 Å². The van der Waals surface area contributed by atoms with E-state index in [4.69, 9.17) is 9.97 Å². The fraction of sp³-hybridized carbons (Fsp3) is 0.179. The van der Waals surface area contributed by atoms with Gasteiger partial charge in [-0.15, -0.1) is 0 Å². The summed E-state index contributed by atoms with van der Waals surface area (Å²) < 4.78 is 0. The Labute approximate surface area is 247 Å². The summed E-state index contributed by atoms with van der Waals surface area (Å²) in [6, 6.07) is 39.1. The van der Waals surface area contributed by atoms with Crippen LogP contribution in [0.4, 0.5) is 11.6 Å². The van der Waals surface area contributed by atoms with Crippen LogP contribution in [0.2, 0.25) is 0 Å². The van der Waals surface area contributed by atoms with Gasteiger partial charge in [0, 0.05) is 27.7 Å². The van der Waals surface area contributed by atoms with Gasteiger partial charge in [0.15, 0.2) is 0 Å². The van der Waals surface area contributed by atoms with Crippen LogP contribution in [0.1, 0.15) is 49.4 Å². The van der Waals surface area contributed by atoms with Crippen molar-refractivity contribution in [1.29, 1.82) is 0 Å². The van der Waals surface area contributed by atoms with Gasteiger partial charge in [0.1, 0.15) is 0 Å². The fourth-order valence-electron chi connectivity index (χ4n) is 7.42. The molecule has 204 valence electrons. The quantitative estimate of drug-likeness (QED) is 0.226. The Bertz CT molecular complexity index is 1850. The van der Waals surface area contributed by atoms with Crippen LogP contribution in [0.15, 0.2) is 121 Å². The summed E-state index contributed by atoms with van der Waals surface area (Å²) in [5, 5.41) is 0. The van der Waals surface area contributed by atoms with Crippen molar-refractivity contribution in [3.8, 4) is 22.5 Å². The molecule has 0 saturated heterocycles. The van der Waals surface area contributed by atoms with Gasteiger partial charge in [-0.2, -0.15) is 0 Å². The normalized spacial score (nSPS) is 17.8. The second-order valence-electron chi connectivity index (χ2n) is 12.1. The van der Waals surface area contributed by atoms with Gasteiger partial charge in [0.25, 0.3) is 0 Å². The number of para-hydroxylation sites is 1. The van der Waals surface area contributed by atoms with Crippen molar-refractivity contribution < 1.29 is 0 Å². The van der Waals surface area contributed by atoms with Crippen LogP contribution in [-0.2, 0) is 11.8 Å². The number of allylic oxidation sites excluding steroid dienone is 2. The topological polar surface area (TPSA) is 29.0 Å². The molecule has 0 saturated carbocycles. The molecule has 3 nitrogen and oxygen atoms in total. The first kappa shape index (κ1) is 25.0. The molecule has 0 spiro atoms. The average Bonchev–Trinajstić information content (AvgIpc) is 3.48. The molecule has 4 aromatic carbocycles. The van der Waals surface area contributed by atoms with Crippen LogP contribution in [-0.4, -0.2) is 16.0 Å². The number of hydrogen-bond acceptors (Lipinski definition) is 3. The number of hydrogen-bond donors (Lipinski definition) is 0. The number of benzene rings is 4. The second-order valence-corrected chi connectivity index (χ2v) is 12.1. The molecule has 0 amide bonds. The highest BCUT2D eigenvalue weighted by atomic mass is 15.3. The van der Waals surface area contributed by atoms with Crippen LogP contribution in [0.3, 0.4) is 0 Å². The van der Waals surface area contributed by atoms with E-state index in [1.807, 2.05) is 0 Å². The average molecular weight is 544 g/mol. The molecule has 1 aromatic heterocycles. The van der Waals surface area contributed by atoms with Gasteiger partial charge in [0.2, 0.25) is 5.95 Å². The van der Waals surface area contributed by atoms with E-state index in [9.17, 15) is 0 Å². The predicted molar refractivity (Wildman–Crippen MR) is 174 cm³/mol. The van der Waals surface area contributed by atoms with Crippen LogP contribution >= 0.6 is 0 Å². The number of aromatic nitrogens is 2. The molecular formula is C39H33N3. The lowest BCUT2D eigenvalue weighted by Gasteiger charge is -2.34. The van der Waals surface area contributed by atoms with E-state index in [0.29, 0.717) is 0 Å². The van der Waals surface area contributed by atoms with E-state index in [0.717, 1.165) is 41.3 Å². The molecule has 5 aromatic rings. The lowest BCUT2D eigenvalue weighted by Crippen LogP contribution is -2.33. The molecule has 1 aliphatic heterocycles. The molecule has 2 aliphatic carbocycles. The lowest BCUT2D eigenvalue weighted by molar-refractivity contribution is 0.590. The molecule has 0 fully saturated rings. The van der Waals surface area contributed by atoms with Crippen molar-refractivity contribution in [3.63, 3.8) is 0 Å². The second kappa shape index (κ2) is 9.39. The van der Waals surface area contributed by atoms with Gasteiger partial charge < -0.3 is 4.90 Å². The van der Waals surface area contributed by atoms with E-state index >= 15 is 0 Å². The first-order chi connectivity index (χ1) is 20.6. The summed E-state index contributed by atoms with van der Waals surface area (Å²) >= 11 is 0. The Hall–Kier alpha value is -4.76. The first-order valence-electron chi connectivity index (χ1n) is 15.0. The Morgan fingerprint density at radius 1 is 0.714 bits per heavy atom. The molecule has 0 bridgehead atoms. The molecule has 1 unspecified atom stereocenters. The zero-order chi connectivity index (χ0) is 28.4. The molecule has 42 heavy (non-hydrogen) atoms. The number of nitrogens with zero attached hydrogens (tertiary/aromatic N) is 3. The minimum atomic E-state index is -0.0221. The van der Waals surface area contributed by atoms with Gasteiger partial charge in [-0.05, 0) is 52.8 Å². The maximum Gasteiger partial charge on any atom is 0.231 e. The Morgan fingerprint density at radius 3 is 1.93 bits per heavy atom. The van der Waals surface area contributed by atoms with E-state index in [-0.39, 0.29) is 11.5 Å². The molecule has 2 heterocycles. The summed E-state index contributed by atoms with van der Waals surface area (Å²) in [7, 11) is 0. The Balaban J connectivity index is 1.35. The molecular weight excluding hydrogens is 510 g/mol. The van der Waals surface area contributed by atoms with Crippen molar-refractivity contribution in [2.24, 2.45) is 0 Å². The van der Waals surface area contributed by atoms with Crippen molar-refractivity contribution >= 4 is 22.8 Å². The zero-order valence-corrected chi connectivity index (χ0v) is 24.3. The Morgan fingerprint density at radius 2 is 1.29 bits per heavy atom. The van der Waals surface area contributed by atoms with Crippen molar-refractivity contribution in [1.82, 2.24) is 9.97 Å². The predicted octanol–water partition coefficient (Wildman–Crippen LogP) is 9.43. The smallest absolute Gasteiger partial charge is 0.231 e. The fourth-order valence-corrected chi connectivity index (χ4v) is 7.42. The number of rotatable bonds is 4. The summed E-state index contributed by atoms with van der Waals surface area (Å²) in [5.74, 6) is 0.767. The highest BCUT2D eigenvalue weighted by Crippen LogP contribution is 2.57. The van der Waals surface area contributed by atoms with Crippen LogP contribution in [0, 0.1) is 0 Å². The molecule has 0 radical (unpaired) electrons. The highest BCUT2D eigenvalue weighted by molar-refractivity contribution is 6.01. The van der Waals surface area contributed by atoms with Crippen molar-refractivity contribution in [3.05, 3.63) is 143 Å². The van der Waals surface area contributed by atoms with Crippen LogP contribution in [0.5, 0.6) is 0 Å². The zero-order valence-electron chi connectivity index (χ0n) is 24.3. The molecule has 3 heteroatoms. The van der Waals surface area contributed by atoms with Crippen LogP contribution in [0.25, 0.3) is 33.7 Å². The minimum Gasteiger partial charge on any atom is -0.302 e. The van der Waals surface area contributed by atoms with Gasteiger partial charge in [-0.1, -0.05) is 124 Å². The third kappa shape index (κ3) is 3.59. The van der Waals surface area contributed by atoms with Crippen LogP contribution < -0.4 is 4.90 Å². The lowest BCUT2D eigenvalue weighted by atomic mass is 9.76. The summed E-state index contributed by atoms with van der Waals surface area (Å²) in [4.78, 5) is 13.2. The van der Waals surface area contributed by atoms with Crippen molar-refractivity contribution in [2.75, 3.05) is 4.90 Å². The third-order valence-corrected chi connectivity index (χ3v) is 9.47. The van der Waals surface area contributed by atoms with Gasteiger partial charge >= 0.3 is 0 Å². The third-order valence-electron chi connectivity index (χ3n) is 9.47.